The first-order chi connectivity index (χ1) is 6.11. The zero-order valence-corrected chi connectivity index (χ0v) is 8.83. The molecule has 0 aromatic heterocycles. The lowest BCUT2D eigenvalue weighted by molar-refractivity contribution is 0.0386. The molecule has 0 fully saturated rings. The molecule has 0 bridgehead atoms. The molecule has 13 heavy (non-hydrogen) atoms. The zero-order valence-electron chi connectivity index (χ0n) is 8.83. The fourth-order valence-corrected chi connectivity index (χ4v) is 1.85. The van der Waals surface area contributed by atoms with Crippen LogP contribution in [0.1, 0.15) is 33.6 Å². The lowest BCUT2D eigenvalue weighted by Crippen LogP contribution is -2.36. The Bertz CT molecular complexity index is 217. The Balaban J connectivity index is 2.74. The molecule has 0 spiro atoms. The van der Waals surface area contributed by atoms with Crippen LogP contribution in [0.5, 0.6) is 0 Å². The quantitative estimate of drug-likeness (QED) is 0.708. The summed E-state index contributed by atoms with van der Waals surface area (Å²) in [6.45, 7) is 6.41. The molecule has 1 aliphatic carbocycles. The largest absolute Gasteiger partial charge is 0.392 e. The van der Waals surface area contributed by atoms with Gasteiger partial charge in [-0.25, -0.2) is 0 Å². The van der Waals surface area contributed by atoms with E-state index in [0.717, 1.165) is 12.8 Å². The van der Waals surface area contributed by atoms with Crippen molar-refractivity contribution in [1.82, 2.24) is 0 Å². The van der Waals surface area contributed by atoms with Gasteiger partial charge in [0.05, 0.1) is 6.10 Å². The van der Waals surface area contributed by atoms with Crippen LogP contribution in [-0.4, -0.2) is 11.2 Å². The van der Waals surface area contributed by atoms with E-state index in [2.05, 4.69) is 39.0 Å². The van der Waals surface area contributed by atoms with Gasteiger partial charge in [0.25, 0.3) is 0 Å². The molecule has 0 heterocycles. The maximum Gasteiger partial charge on any atom is 0.0633 e. The van der Waals surface area contributed by atoms with Gasteiger partial charge in [-0.05, 0) is 12.3 Å². The summed E-state index contributed by atoms with van der Waals surface area (Å²) in [5.74, 6) is 0.430. The summed E-state index contributed by atoms with van der Waals surface area (Å²) < 4.78 is 0. The average molecular weight is 180 g/mol. The molecule has 0 aromatic rings. The van der Waals surface area contributed by atoms with Crippen LogP contribution >= 0.6 is 0 Å². The van der Waals surface area contributed by atoms with E-state index in [0.29, 0.717) is 5.92 Å². The molecule has 0 saturated carbocycles. The Hall–Kier alpha value is -0.560. The minimum atomic E-state index is -0.214. The highest BCUT2D eigenvalue weighted by Gasteiger charge is 2.34. The molecule has 3 atom stereocenters. The Labute approximate surface area is 81.2 Å². The van der Waals surface area contributed by atoms with Crippen LogP contribution in [0.15, 0.2) is 24.3 Å². The van der Waals surface area contributed by atoms with E-state index in [1.807, 2.05) is 6.08 Å². The lowest BCUT2D eigenvalue weighted by atomic mass is 9.70. The number of hydrogen-bond donors (Lipinski definition) is 1. The average Bonchev–Trinajstić information content (AvgIpc) is 2.11. The van der Waals surface area contributed by atoms with Gasteiger partial charge in [-0.1, -0.05) is 51.5 Å². The van der Waals surface area contributed by atoms with E-state index < -0.39 is 0 Å². The van der Waals surface area contributed by atoms with Crippen molar-refractivity contribution in [2.75, 3.05) is 0 Å². The standard InChI is InChI=1S/C12H20O/c1-4-7-11(13)12(3)9-6-5-8-10(12)2/h5-6,8-11,13H,4,7H2,1-3H3. The first-order valence-electron chi connectivity index (χ1n) is 5.15. The Morgan fingerprint density at radius 3 is 2.69 bits per heavy atom. The number of aliphatic hydroxyl groups excluding tert-OH is 1. The van der Waals surface area contributed by atoms with E-state index >= 15 is 0 Å². The monoisotopic (exact) mass is 180 g/mol. The van der Waals surface area contributed by atoms with Gasteiger partial charge in [-0.3, -0.25) is 0 Å². The second-order valence-corrected chi connectivity index (χ2v) is 4.20. The second kappa shape index (κ2) is 4.10. The summed E-state index contributed by atoms with van der Waals surface area (Å²) >= 11 is 0. The minimum Gasteiger partial charge on any atom is -0.392 e. The summed E-state index contributed by atoms with van der Waals surface area (Å²) in [6.07, 6.45) is 10.1. The van der Waals surface area contributed by atoms with Gasteiger partial charge in [0.15, 0.2) is 0 Å². The molecule has 0 radical (unpaired) electrons. The van der Waals surface area contributed by atoms with Crippen LogP contribution in [0.3, 0.4) is 0 Å². The minimum absolute atomic E-state index is 0.0647. The molecule has 1 aliphatic rings. The van der Waals surface area contributed by atoms with Crippen molar-refractivity contribution in [3.05, 3.63) is 24.3 Å². The van der Waals surface area contributed by atoms with E-state index in [-0.39, 0.29) is 11.5 Å². The Kier molecular flexibility index (Phi) is 3.32. The lowest BCUT2D eigenvalue weighted by Gasteiger charge is -2.37. The summed E-state index contributed by atoms with van der Waals surface area (Å²) in [4.78, 5) is 0. The topological polar surface area (TPSA) is 20.2 Å². The number of aliphatic hydroxyl groups is 1. The number of allylic oxidation sites excluding steroid dienone is 3. The van der Waals surface area contributed by atoms with Gasteiger partial charge in [-0.2, -0.15) is 0 Å². The van der Waals surface area contributed by atoms with Gasteiger partial charge in [0, 0.05) is 5.41 Å². The fourth-order valence-electron chi connectivity index (χ4n) is 1.85. The highest BCUT2D eigenvalue weighted by Crippen LogP contribution is 2.37. The molecule has 0 aromatic carbocycles. The van der Waals surface area contributed by atoms with Crippen molar-refractivity contribution >= 4 is 0 Å². The normalized spacial score (nSPS) is 34.9. The fraction of sp³-hybridized carbons (Fsp3) is 0.667. The molecule has 0 saturated heterocycles. The summed E-state index contributed by atoms with van der Waals surface area (Å²) in [6, 6.07) is 0. The van der Waals surface area contributed by atoms with Crippen LogP contribution in [0.25, 0.3) is 0 Å². The Morgan fingerprint density at radius 2 is 2.15 bits per heavy atom. The van der Waals surface area contributed by atoms with Crippen molar-refractivity contribution in [3.63, 3.8) is 0 Å². The van der Waals surface area contributed by atoms with Crippen molar-refractivity contribution in [2.24, 2.45) is 11.3 Å². The molecule has 1 N–H and O–H groups in total. The maximum absolute atomic E-state index is 10.0. The van der Waals surface area contributed by atoms with Crippen molar-refractivity contribution in [2.45, 2.75) is 39.7 Å². The molecule has 1 rings (SSSR count). The highest BCUT2D eigenvalue weighted by atomic mass is 16.3. The van der Waals surface area contributed by atoms with Gasteiger partial charge in [0.2, 0.25) is 0 Å². The SMILES string of the molecule is CCCC(O)C1(C)C=CC=CC1C. The van der Waals surface area contributed by atoms with Gasteiger partial charge in [0.1, 0.15) is 0 Å². The third-order valence-electron chi connectivity index (χ3n) is 3.23. The van der Waals surface area contributed by atoms with Crippen LogP contribution in [0, 0.1) is 11.3 Å². The maximum atomic E-state index is 10.0. The summed E-state index contributed by atoms with van der Waals surface area (Å²) in [5.41, 5.74) is -0.0647. The molecular weight excluding hydrogens is 160 g/mol. The predicted molar refractivity (Wildman–Crippen MR) is 56.5 cm³/mol. The second-order valence-electron chi connectivity index (χ2n) is 4.20. The van der Waals surface area contributed by atoms with Gasteiger partial charge < -0.3 is 5.11 Å². The van der Waals surface area contributed by atoms with Gasteiger partial charge in [-0.15, -0.1) is 0 Å². The van der Waals surface area contributed by atoms with E-state index in [9.17, 15) is 5.11 Å². The number of rotatable bonds is 3. The van der Waals surface area contributed by atoms with Crippen LogP contribution in [0.2, 0.25) is 0 Å². The predicted octanol–water partition coefficient (Wildman–Crippen LogP) is 2.92. The summed E-state index contributed by atoms with van der Waals surface area (Å²) in [5, 5.41) is 10.0. The van der Waals surface area contributed by atoms with E-state index in [1.54, 1.807) is 0 Å². The van der Waals surface area contributed by atoms with Crippen molar-refractivity contribution in [1.29, 1.82) is 0 Å². The van der Waals surface area contributed by atoms with Gasteiger partial charge >= 0.3 is 0 Å². The van der Waals surface area contributed by atoms with Crippen molar-refractivity contribution in [3.8, 4) is 0 Å². The number of hydrogen-bond acceptors (Lipinski definition) is 1. The van der Waals surface area contributed by atoms with E-state index in [1.165, 1.54) is 0 Å². The third-order valence-corrected chi connectivity index (χ3v) is 3.23. The molecule has 74 valence electrons. The van der Waals surface area contributed by atoms with Crippen LogP contribution in [-0.2, 0) is 0 Å². The molecular formula is C12H20O. The van der Waals surface area contributed by atoms with Crippen molar-refractivity contribution < 1.29 is 5.11 Å². The first-order valence-corrected chi connectivity index (χ1v) is 5.15. The molecule has 3 unspecified atom stereocenters. The van der Waals surface area contributed by atoms with E-state index in [4.69, 9.17) is 0 Å². The first kappa shape index (κ1) is 10.5. The Morgan fingerprint density at radius 1 is 1.46 bits per heavy atom. The third kappa shape index (κ3) is 2.02. The molecule has 0 aliphatic heterocycles. The van der Waals surface area contributed by atoms with Crippen LogP contribution in [0.4, 0.5) is 0 Å². The molecule has 1 nitrogen and oxygen atoms in total. The molecule has 0 amide bonds. The highest BCUT2D eigenvalue weighted by molar-refractivity contribution is 5.19. The zero-order chi connectivity index (χ0) is 9.90. The smallest absolute Gasteiger partial charge is 0.0633 e. The summed E-state index contributed by atoms with van der Waals surface area (Å²) in [7, 11) is 0. The molecule has 1 heteroatoms. The van der Waals surface area contributed by atoms with Crippen LogP contribution < -0.4 is 0 Å².